The maximum atomic E-state index is 12.2. The molecule has 0 saturated heterocycles. The number of ether oxygens (including phenoxy) is 1. The van der Waals surface area contributed by atoms with E-state index in [1.54, 1.807) is 37.4 Å². The Bertz CT molecular complexity index is 896. The van der Waals surface area contributed by atoms with E-state index in [1.165, 1.54) is 12.1 Å². The zero-order valence-corrected chi connectivity index (χ0v) is 13.9. The van der Waals surface area contributed by atoms with Gasteiger partial charge in [-0.3, -0.25) is 10.1 Å². The Kier molecular flexibility index (Phi) is 4.69. The summed E-state index contributed by atoms with van der Waals surface area (Å²) in [6.07, 6.45) is 0. The number of carbonyl (C=O) groups excluding carboxylic acids is 1. The molecule has 0 aliphatic carbocycles. The second-order valence-corrected chi connectivity index (χ2v) is 5.57. The van der Waals surface area contributed by atoms with Crippen LogP contribution in [0.3, 0.4) is 0 Å². The second kappa shape index (κ2) is 6.90. The molecule has 0 fully saturated rings. The number of amides is 1. The maximum absolute atomic E-state index is 12.2. The van der Waals surface area contributed by atoms with E-state index in [1.807, 2.05) is 0 Å². The van der Waals surface area contributed by atoms with E-state index in [2.05, 4.69) is 15.5 Å². The van der Waals surface area contributed by atoms with Gasteiger partial charge in [-0.05, 0) is 36.4 Å². The van der Waals surface area contributed by atoms with Crippen molar-refractivity contribution in [2.75, 3.05) is 12.4 Å². The van der Waals surface area contributed by atoms with Crippen LogP contribution in [0.4, 0.5) is 6.01 Å². The highest BCUT2D eigenvalue weighted by Crippen LogP contribution is 2.25. The smallest absolute Gasteiger partial charge is 0.322 e. The highest BCUT2D eigenvalue weighted by atomic mass is 35.5. The number of anilines is 1. The number of carbonyl (C=O) groups is 1. The number of rotatable bonds is 4. The summed E-state index contributed by atoms with van der Waals surface area (Å²) in [5, 5.41) is 10.9. The summed E-state index contributed by atoms with van der Waals surface area (Å²) in [6, 6.07) is 11.6. The molecule has 122 valence electrons. The molecule has 1 heterocycles. The Morgan fingerprint density at radius 3 is 2.75 bits per heavy atom. The third-order valence-electron chi connectivity index (χ3n) is 3.14. The number of aromatic nitrogens is 2. The predicted octanol–water partition coefficient (Wildman–Crippen LogP) is 4.30. The first-order valence-corrected chi connectivity index (χ1v) is 7.57. The van der Waals surface area contributed by atoms with Gasteiger partial charge in [0.15, 0.2) is 0 Å². The quantitative estimate of drug-likeness (QED) is 0.747. The monoisotopic (exact) mass is 363 g/mol. The van der Waals surface area contributed by atoms with Crippen LogP contribution in [0, 0.1) is 0 Å². The van der Waals surface area contributed by atoms with Gasteiger partial charge in [0, 0.05) is 10.6 Å². The van der Waals surface area contributed by atoms with E-state index in [9.17, 15) is 4.79 Å². The zero-order valence-electron chi connectivity index (χ0n) is 12.4. The lowest BCUT2D eigenvalue weighted by Gasteiger charge is -2.03. The summed E-state index contributed by atoms with van der Waals surface area (Å²) in [4.78, 5) is 12.2. The molecule has 1 N–H and O–H groups in total. The molecule has 0 radical (unpaired) electrons. The fourth-order valence-corrected chi connectivity index (χ4v) is 2.48. The molecule has 1 aromatic heterocycles. The van der Waals surface area contributed by atoms with Gasteiger partial charge < -0.3 is 9.15 Å². The van der Waals surface area contributed by atoms with Gasteiger partial charge in [-0.1, -0.05) is 34.4 Å². The number of benzene rings is 2. The van der Waals surface area contributed by atoms with Gasteiger partial charge in [-0.2, -0.15) is 0 Å². The molecule has 0 bridgehead atoms. The molecule has 1 amide bonds. The van der Waals surface area contributed by atoms with Gasteiger partial charge in [-0.25, -0.2) is 0 Å². The van der Waals surface area contributed by atoms with Crippen molar-refractivity contribution >= 4 is 35.1 Å². The lowest BCUT2D eigenvalue weighted by atomic mass is 10.2. The molecule has 3 aromatic rings. The van der Waals surface area contributed by atoms with Gasteiger partial charge in [0.1, 0.15) is 5.75 Å². The fourth-order valence-electron chi connectivity index (χ4n) is 1.98. The average molecular weight is 364 g/mol. The summed E-state index contributed by atoms with van der Waals surface area (Å²) in [5.74, 6) is 0.438. The Morgan fingerprint density at radius 1 is 1.17 bits per heavy atom. The van der Waals surface area contributed by atoms with Crippen LogP contribution in [0.1, 0.15) is 10.4 Å². The number of hydrogen-bond donors (Lipinski definition) is 1. The largest absolute Gasteiger partial charge is 0.497 e. The number of hydrogen-bond acceptors (Lipinski definition) is 5. The number of nitrogens with zero attached hydrogens (tertiary/aromatic N) is 2. The molecule has 8 heteroatoms. The third kappa shape index (κ3) is 3.50. The Morgan fingerprint density at radius 2 is 2.00 bits per heavy atom. The molecule has 0 aliphatic rings. The van der Waals surface area contributed by atoms with Crippen molar-refractivity contribution in [3.05, 3.63) is 58.1 Å². The second-order valence-electron chi connectivity index (χ2n) is 4.72. The van der Waals surface area contributed by atoms with E-state index in [4.69, 9.17) is 32.4 Å². The van der Waals surface area contributed by atoms with Crippen molar-refractivity contribution in [3.63, 3.8) is 0 Å². The van der Waals surface area contributed by atoms with Crippen molar-refractivity contribution in [1.82, 2.24) is 10.2 Å². The molecule has 0 aliphatic heterocycles. The van der Waals surface area contributed by atoms with Crippen LogP contribution in [0.25, 0.3) is 11.5 Å². The summed E-state index contributed by atoms with van der Waals surface area (Å²) in [7, 11) is 1.56. The first-order valence-electron chi connectivity index (χ1n) is 6.81. The zero-order chi connectivity index (χ0) is 17.1. The highest BCUT2D eigenvalue weighted by molar-refractivity contribution is 6.37. The van der Waals surface area contributed by atoms with Gasteiger partial charge >= 0.3 is 6.01 Å². The van der Waals surface area contributed by atoms with Crippen molar-refractivity contribution in [1.29, 1.82) is 0 Å². The van der Waals surface area contributed by atoms with Crippen molar-refractivity contribution in [2.24, 2.45) is 0 Å². The summed E-state index contributed by atoms with van der Waals surface area (Å²) >= 11 is 11.8. The molecule has 3 rings (SSSR count). The Hall–Kier alpha value is -2.57. The van der Waals surface area contributed by atoms with Gasteiger partial charge in [0.25, 0.3) is 5.91 Å². The van der Waals surface area contributed by atoms with E-state index in [0.717, 1.165) is 0 Å². The van der Waals surface area contributed by atoms with Crippen LogP contribution >= 0.6 is 23.2 Å². The predicted molar refractivity (Wildman–Crippen MR) is 90.7 cm³/mol. The van der Waals surface area contributed by atoms with Crippen LogP contribution < -0.4 is 10.1 Å². The number of nitrogens with one attached hydrogen (secondary N) is 1. The number of halogens is 2. The molecule has 24 heavy (non-hydrogen) atoms. The van der Waals surface area contributed by atoms with Crippen molar-refractivity contribution < 1.29 is 13.9 Å². The molecule has 0 saturated carbocycles. The van der Waals surface area contributed by atoms with Gasteiger partial charge in [0.2, 0.25) is 5.89 Å². The molecule has 0 unspecified atom stereocenters. The lowest BCUT2D eigenvalue weighted by molar-refractivity contribution is 0.102. The van der Waals surface area contributed by atoms with Crippen LogP contribution in [0.15, 0.2) is 46.9 Å². The minimum Gasteiger partial charge on any atom is -0.497 e. The van der Waals surface area contributed by atoms with Gasteiger partial charge in [0.05, 0.1) is 17.7 Å². The fraction of sp³-hybridized carbons (Fsp3) is 0.0625. The van der Waals surface area contributed by atoms with Crippen LogP contribution in [-0.2, 0) is 0 Å². The summed E-state index contributed by atoms with van der Waals surface area (Å²) in [5.41, 5.74) is 0.925. The normalized spacial score (nSPS) is 10.5. The van der Waals surface area contributed by atoms with Gasteiger partial charge in [-0.15, -0.1) is 5.10 Å². The highest BCUT2D eigenvalue weighted by Gasteiger charge is 2.15. The number of methoxy groups -OCH3 is 1. The molecule has 0 atom stereocenters. The van der Waals surface area contributed by atoms with Crippen LogP contribution in [0.5, 0.6) is 5.75 Å². The van der Waals surface area contributed by atoms with E-state index < -0.39 is 5.91 Å². The molecular weight excluding hydrogens is 353 g/mol. The van der Waals surface area contributed by atoms with Crippen LogP contribution in [-0.4, -0.2) is 23.2 Å². The Labute approximate surface area is 147 Å². The Balaban J connectivity index is 1.79. The lowest BCUT2D eigenvalue weighted by Crippen LogP contribution is -2.12. The third-order valence-corrected chi connectivity index (χ3v) is 3.69. The molecular formula is C16H11Cl2N3O3. The van der Waals surface area contributed by atoms with E-state index in [-0.39, 0.29) is 22.5 Å². The SMILES string of the molecule is COc1cccc(-c2nnc(NC(=O)c3ccc(Cl)cc3Cl)o2)c1. The standard InChI is InChI=1S/C16H11Cl2N3O3/c1-23-11-4-2-3-9(7-11)15-20-21-16(24-15)19-14(22)12-6-5-10(17)8-13(12)18/h2-8H,1H3,(H,19,21,22). The minimum atomic E-state index is -0.475. The van der Waals surface area contributed by atoms with Crippen molar-refractivity contribution in [2.45, 2.75) is 0 Å². The van der Waals surface area contributed by atoms with Crippen LogP contribution in [0.2, 0.25) is 10.0 Å². The first-order chi connectivity index (χ1) is 11.6. The average Bonchev–Trinajstić information content (AvgIpc) is 3.03. The molecule has 6 nitrogen and oxygen atoms in total. The van der Waals surface area contributed by atoms with Crippen molar-refractivity contribution in [3.8, 4) is 17.2 Å². The first kappa shape index (κ1) is 16.3. The maximum Gasteiger partial charge on any atom is 0.322 e. The topological polar surface area (TPSA) is 77.3 Å². The molecule has 0 spiro atoms. The summed E-state index contributed by atoms with van der Waals surface area (Å²) < 4.78 is 10.6. The summed E-state index contributed by atoms with van der Waals surface area (Å²) in [6.45, 7) is 0. The molecule has 2 aromatic carbocycles. The van der Waals surface area contributed by atoms with E-state index in [0.29, 0.717) is 16.3 Å². The minimum absolute atomic E-state index is 0.0381. The van der Waals surface area contributed by atoms with E-state index >= 15 is 0 Å².